The first kappa shape index (κ1) is 21.2. The molecular formula is C17H29NO7. The third-order valence-corrected chi connectivity index (χ3v) is 4.51. The summed E-state index contributed by atoms with van der Waals surface area (Å²) in [5, 5.41) is 30.7. The monoisotopic (exact) mass is 359 g/mol. The number of hydrogen-bond acceptors (Lipinski definition) is 5. The number of amides is 1. The van der Waals surface area contributed by atoms with Gasteiger partial charge in [0.05, 0.1) is 12.0 Å². The molecule has 8 heteroatoms. The van der Waals surface area contributed by atoms with Crippen LogP contribution in [0.25, 0.3) is 0 Å². The molecule has 2 fully saturated rings. The van der Waals surface area contributed by atoms with Gasteiger partial charge in [0.1, 0.15) is 11.1 Å². The number of aliphatic hydroxyl groups excluding tert-OH is 1. The highest BCUT2D eigenvalue weighted by Crippen LogP contribution is 2.62. The van der Waals surface area contributed by atoms with Gasteiger partial charge >= 0.3 is 18.0 Å². The largest absolute Gasteiger partial charge is 0.481 e. The van der Waals surface area contributed by atoms with Crippen LogP contribution in [0.1, 0.15) is 53.9 Å². The lowest BCUT2D eigenvalue weighted by Crippen LogP contribution is -2.57. The molecule has 25 heavy (non-hydrogen) atoms. The molecule has 144 valence electrons. The van der Waals surface area contributed by atoms with E-state index >= 15 is 0 Å². The normalized spacial score (nSPS) is 32.7. The smallest absolute Gasteiger partial charge is 0.408 e. The van der Waals surface area contributed by atoms with Gasteiger partial charge in [-0.25, -0.2) is 9.59 Å². The summed E-state index contributed by atoms with van der Waals surface area (Å²) in [6.45, 7) is 9.25. The van der Waals surface area contributed by atoms with Gasteiger partial charge in [-0.3, -0.25) is 4.79 Å². The van der Waals surface area contributed by atoms with Crippen LogP contribution in [0.15, 0.2) is 0 Å². The van der Waals surface area contributed by atoms with Crippen LogP contribution in [0.5, 0.6) is 0 Å². The van der Waals surface area contributed by atoms with Gasteiger partial charge in [-0.1, -0.05) is 26.7 Å². The molecule has 0 radical (unpaired) electrons. The van der Waals surface area contributed by atoms with Crippen molar-refractivity contribution in [1.82, 2.24) is 5.32 Å². The minimum atomic E-state index is -1.80. The first-order valence-corrected chi connectivity index (χ1v) is 8.56. The number of rotatable bonds is 4. The maximum atomic E-state index is 11.8. The van der Waals surface area contributed by atoms with Crippen molar-refractivity contribution in [1.29, 1.82) is 0 Å². The molecule has 5 atom stereocenters. The van der Waals surface area contributed by atoms with Gasteiger partial charge in [-0.05, 0) is 20.8 Å². The van der Waals surface area contributed by atoms with Crippen LogP contribution in [0.3, 0.4) is 0 Å². The topological polar surface area (TPSA) is 133 Å². The van der Waals surface area contributed by atoms with E-state index in [1.807, 2.05) is 0 Å². The number of hydrogen-bond donors (Lipinski definition) is 4. The molecule has 2 saturated carbocycles. The van der Waals surface area contributed by atoms with E-state index in [2.05, 4.69) is 19.2 Å². The molecular weight excluding hydrogens is 330 g/mol. The van der Waals surface area contributed by atoms with E-state index in [0.717, 1.165) is 0 Å². The van der Waals surface area contributed by atoms with Crippen LogP contribution < -0.4 is 5.32 Å². The van der Waals surface area contributed by atoms with Gasteiger partial charge in [0.25, 0.3) is 0 Å². The number of unbranched alkanes of at least 4 members (excludes halogenated alkanes) is 1. The molecule has 0 bridgehead atoms. The first-order valence-electron chi connectivity index (χ1n) is 8.56. The Balaban J connectivity index is 0.000000705. The number of aliphatic carboxylic acids is 2. The zero-order valence-electron chi connectivity index (χ0n) is 15.4. The summed E-state index contributed by atoms with van der Waals surface area (Å²) >= 11 is 0. The van der Waals surface area contributed by atoms with Gasteiger partial charge in [0.15, 0.2) is 0 Å². The lowest BCUT2D eigenvalue weighted by atomic mass is 9.89. The fraction of sp³-hybridized carbons (Fsp3) is 0.824. The van der Waals surface area contributed by atoms with E-state index in [-0.39, 0.29) is 6.42 Å². The summed E-state index contributed by atoms with van der Waals surface area (Å²) in [4.78, 5) is 34.5. The lowest BCUT2D eigenvalue weighted by molar-refractivity contribution is -0.147. The molecule has 5 unspecified atom stereocenters. The second-order valence-electron chi connectivity index (χ2n) is 7.64. The molecule has 2 aliphatic carbocycles. The molecule has 0 saturated heterocycles. The highest BCUT2D eigenvalue weighted by atomic mass is 16.6. The van der Waals surface area contributed by atoms with Gasteiger partial charge in [0, 0.05) is 18.3 Å². The summed E-state index contributed by atoms with van der Waals surface area (Å²) in [5.41, 5.74) is -2.61. The van der Waals surface area contributed by atoms with E-state index in [1.165, 1.54) is 12.8 Å². The lowest BCUT2D eigenvalue weighted by Gasteiger charge is -2.30. The van der Waals surface area contributed by atoms with E-state index in [1.54, 1.807) is 20.8 Å². The molecule has 0 aromatic rings. The highest BCUT2D eigenvalue weighted by molar-refractivity contribution is 5.89. The fourth-order valence-corrected chi connectivity index (χ4v) is 3.27. The number of alkyl carbamates (subject to hydrolysis) is 1. The van der Waals surface area contributed by atoms with Gasteiger partial charge < -0.3 is 25.4 Å². The molecule has 0 aromatic carbocycles. The number of carboxylic acids is 2. The molecule has 1 amide bonds. The van der Waals surface area contributed by atoms with Crippen molar-refractivity contribution in [2.24, 2.45) is 17.8 Å². The van der Waals surface area contributed by atoms with Crippen LogP contribution in [0.2, 0.25) is 0 Å². The number of carboxylic acid groups (broad SMARTS) is 2. The van der Waals surface area contributed by atoms with E-state index in [0.29, 0.717) is 0 Å². The van der Waals surface area contributed by atoms with Crippen molar-refractivity contribution in [3.05, 3.63) is 0 Å². The molecule has 0 aliphatic heterocycles. The second kappa shape index (κ2) is 7.59. The Bertz CT molecular complexity index is 526. The Labute approximate surface area is 147 Å². The maximum absolute atomic E-state index is 11.8. The molecule has 2 rings (SSSR count). The Morgan fingerprint density at radius 1 is 1.16 bits per heavy atom. The van der Waals surface area contributed by atoms with Crippen molar-refractivity contribution >= 4 is 18.0 Å². The minimum absolute atomic E-state index is 0.222. The molecule has 0 aromatic heterocycles. The van der Waals surface area contributed by atoms with Gasteiger partial charge in [0.2, 0.25) is 0 Å². The number of fused-ring (bicyclic) bond motifs is 1. The Morgan fingerprint density at radius 2 is 1.68 bits per heavy atom. The first-order chi connectivity index (χ1) is 11.4. The molecule has 2 aliphatic rings. The standard InChI is InChI=1S/C13H19NO7.C4H10/c1-12(2,3)21-11(20)14-13(10(18)19)4-5(15)6-7(8(6)13)9(16)17;1-3-4-2/h5-8,15H,4H2,1-3H3,(H,14,20)(H,16,17)(H,18,19);3-4H2,1-2H3. The number of carbonyl (C=O) groups excluding carboxylic acids is 1. The second-order valence-corrected chi connectivity index (χ2v) is 7.64. The van der Waals surface area contributed by atoms with Crippen LogP contribution in [0, 0.1) is 17.8 Å². The van der Waals surface area contributed by atoms with Crippen molar-refractivity contribution in [3.63, 3.8) is 0 Å². The van der Waals surface area contributed by atoms with Crippen LogP contribution in [-0.2, 0) is 14.3 Å². The maximum Gasteiger partial charge on any atom is 0.408 e. The van der Waals surface area contributed by atoms with Crippen molar-refractivity contribution in [2.45, 2.75) is 71.1 Å². The fourth-order valence-electron chi connectivity index (χ4n) is 3.27. The SMILES string of the molecule is CC(C)(C)OC(=O)NC1(C(=O)O)CC(O)C2C(C(=O)O)C21.CCCC. The summed E-state index contributed by atoms with van der Waals surface area (Å²) in [6, 6.07) is 0. The summed E-state index contributed by atoms with van der Waals surface area (Å²) < 4.78 is 5.03. The predicted molar refractivity (Wildman–Crippen MR) is 89.0 cm³/mol. The Hall–Kier alpha value is -1.83. The van der Waals surface area contributed by atoms with Gasteiger partial charge in [-0.15, -0.1) is 0 Å². The van der Waals surface area contributed by atoms with Crippen molar-refractivity contribution < 1.29 is 34.4 Å². The highest BCUT2D eigenvalue weighted by Gasteiger charge is 2.75. The number of nitrogens with one attached hydrogen (secondary N) is 1. The average molecular weight is 359 g/mol. The zero-order chi connectivity index (χ0) is 19.6. The summed E-state index contributed by atoms with van der Waals surface area (Å²) in [6.07, 6.45) is 0.414. The quantitative estimate of drug-likeness (QED) is 0.602. The van der Waals surface area contributed by atoms with Gasteiger partial charge in [-0.2, -0.15) is 0 Å². The Kier molecular flexibility index (Phi) is 6.44. The Morgan fingerprint density at radius 3 is 2.00 bits per heavy atom. The third-order valence-electron chi connectivity index (χ3n) is 4.51. The van der Waals surface area contributed by atoms with Crippen LogP contribution in [-0.4, -0.2) is 50.6 Å². The van der Waals surface area contributed by atoms with E-state index in [4.69, 9.17) is 9.84 Å². The summed E-state index contributed by atoms with van der Waals surface area (Å²) in [5.74, 6) is -4.95. The zero-order valence-corrected chi connectivity index (χ0v) is 15.4. The molecule has 0 spiro atoms. The third kappa shape index (κ3) is 4.62. The number of aliphatic hydroxyl groups is 1. The van der Waals surface area contributed by atoms with Crippen LogP contribution >= 0.6 is 0 Å². The summed E-state index contributed by atoms with van der Waals surface area (Å²) in [7, 11) is 0. The molecule has 8 nitrogen and oxygen atoms in total. The van der Waals surface area contributed by atoms with E-state index < -0.39 is 53.0 Å². The predicted octanol–water partition coefficient (Wildman–Crippen LogP) is 1.85. The molecule has 4 N–H and O–H groups in total. The molecule has 0 heterocycles. The van der Waals surface area contributed by atoms with Crippen LogP contribution in [0.4, 0.5) is 4.79 Å². The minimum Gasteiger partial charge on any atom is -0.481 e. The van der Waals surface area contributed by atoms with Crippen molar-refractivity contribution in [3.8, 4) is 0 Å². The van der Waals surface area contributed by atoms with Crippen molar-refractivity contribution in [2.75, 3.05) is 0 Å². The van der Waals surface area contributed by atoms with E-state index in [9.17, 15) is 24.6 Å². The number of ether oxygens (including phenoxy) is 1. The number of carbonyl (C=O) groups is 3. The average Bonchev–Trinajstić information content (AvgIpc) is 3.14.